The van der Waals surface area contributed by atoms with Gasteiger partial charge in [0.05, 0.1) is 0 Å². The van der Waals surface area contributed by atoms with Gasteiger partial charge >= 0.3 is 75.5 Å². The third-order valence-corrected chi connectivity index (χ3v) is 1.71. The molecule has 1 aromatic rings. The predicted molar refractivity (Wildman–Crippen MR) is 73.3 cm³/mol. The van der Waals surface area contributed by atoms with Crippen LogP contribution < -0.4 is 0 Å². The van der Waals surface area contributed by atoms with Crippen LogP contribution in [0.4, 0.5) is 0 Å². The van der Waals surface area contributed by atoms with Gasteiger partial charge in [0.2, 0.25) is 0 Å². The molecule has 0 saturated heterocycles. The fraction of sp³-hybridized carbons (Fsp3) is 0.111. The maximum Gasteiger partial charge on any atom is 2.00 e. The van der Waals surface area contributed by atoms with Crippen LogP contribution in [0.15, 0.2) is 43.0 Å². The number of phenols is 1. The van der Waals surface area contributed by atoms with Crippen LogP contribution in [0.25, 0.3) is 0 Å². The van der Waals surface area contributed by atoms with Crippen LogP contribution in [-0.4, -0.2) is 91.6 Å². The number of hydrogen-bond acceptors (Lipinski definition) is 2. The molecule has 1 unspecified atom stereocenters. The van der Waals surface area contributed by atoms with Crippen molar-refractivity contribution in [3.8, 4) is 5.75 Å². The number of aromatic hydroxyl groups is 1. The van der Waals surface area contributed by atoms with Crippen molar-refractivity contribution >= 4 is 97.0 Å². The summed E-state index contributed by atoms with van der Waals surface area (Å²) in [7, 11) is -2.25. The van der Waals surface area contributed by atoms with E-state index in [1.165, 1.54) is 6.08 Å². The van der Waals surface area contributed by atoms with Crippen LogP contribution >= 0.6 is 8.03 Å². The normalized spacial score (nSPS) is 8.81. The second kappa shape index (κ2) is 19.2. The Hall–Kier alpha value is 1.82. The zero-order valence-electron chi connectivity index (χ0n) is 9.00. The van der Waals surface area contributed by atoms with Gasteiger partial charge in [-0.15, -0.1) is 6.58 Å². The molecule has 0 heterocycles. The molecule has 0 aliphatic heterocycles. The molecule has 80 valence electrons. The molecular weight excluding hydrogens is 299 g/mol. The van der Waals surface area contributed by atoms with Gasteiger partial charge in [-0.25, -0.2) is 0 Å². The SMILES string of the molecule is C=CC[PH](=O)O.Oc1ccccc1.[Ca+2].[Ca+2].[S-2]. The number of hydrogen-bond donors (Lipinski definition) is 2. The van der Waals surface area contributed by atoms with Gasteiger partial charge in [0.25, 0.3) is 0 Å². The van der Waals surface area contributed by atoms with Gasteiger partial charge in [0.1, 0.15) is 5.75 Å². The van der Waals surface area contributed by atoms with Gasteiger partial charge in [-0.3, -0.25) is 4.57 Å². The van der Waals surface area contributed by atoms with Gasteiger partial charge < -0.3 is 23.5 Å². The van der Waals surface area contributed by atoms with Crippen LogP contribution in [0.1, 0.15) is 0 Å². The summed E-state index contributed by atoms with van der Waals surface area (Å²) in [6.07, 6.45) is 1.67. The van der Waals surface area contributed by atoms with E-state index in [0.717, 1.165) is 0 Å². The molecule has 0 aliphatic rings. The van der Waals surface area contributed by atoms with Crippen LogP contribution in [-0.2, 0) is 18.1 Å². The summed E-state index contributed by atoms with van der Waals surface area (Å²) < 4.78 is 9.71. The largest absolute Gasteiger partial charge is 2.00 e. The third kappa shape index (κ3) is 21.1. The summed E-state index contributed by atoms with van der Waals surface area (Å²) in [4.78, 5) is 8.03. The molecule has 0 aromatic heterocycles. The van der Waals surface area contributed by atoms with Crippen LogP contribution in [0, 0.1) is 0 Å². The summed E-state index contributed by atoms with van der Waals surface area (Å²) in [6.45, 7) is 3.27. The molecule has 1 rings (SSSR count). The minimum absolute atomic E-state index is 0. The first-order valence-corrected chi connectivity index (χ1v) is 5.29. The number of phenolic OH excluding ortho intramolecular Hbond substituents is 1. The van der Waals surface area contributed by atoms with E-state index in [9.17, 15) is 4.57 Å². The average molecular weight is 312 g/mol. The quantitative estimate of drug-likeness (QED) is 0.491. The molecule has 0 spiro atoms. The summed E-state index contributed by atoms with van der Waals surface area (Å²) in [5, 5.41) is 8.63. The summed E-state index contributed by atoms with van der Waals surface area (Å²) >= 11 is 0. The van der Waals surface area contributed by atoms with Crippen molar-refractivity contribution in [2.24, 2.45) is 0 Å². The van der Waals surface area contributed by atoms with Crippen LogP contribution in [0.3, 0.4) is 0 Å². The van der Waals surface area contributed by atoms with Crippen molar-refractivity contribution < 1.29 is 14.6 Å². The molecule has 7 heteroatoms. The van der Waals surface area contributed by atoms with Crippen molar-refractivity contribution in [2.75, 3.05) is 6.16 Å². The van der Waals surface area contributed by atoms with Crippen LogP contribution in [0.2, 0.25) is 0 Å². The second-order valence-electron chi connectivity index (χ2n) is 2.22. The van der Waals surface area contributed by atoms with Crippen molar-refractivity contribution in [3.05, 3.63) is 43.0 Å². The average Bonchev–Trinajstić information content (AvgIpc) is 2.06. The minimum atomic E-state index is -2.25. The number of rotatable bonds is 2. The minimum Gasteiger partial charge on any atom is -2.00 e. The monoisotopic (exact) mass is 312 g/mol. The molecule has 3 nitrogen and oxygen atoms in total. The molecule has 0 fully saturated rings. The molecule has 0 saturated carbocycles. The zero-order valence-corrected chi connectivity index (χ0v) is 15.2. The van der Waals surface area contributed by atoms with Crippen LogP contribution in [0.5, 0.6) is 5.75 Å². The Labute approximate surface area is 164 Å². The molecule has 0 radical (unpaired) electrons. The molecule has 0 aliphatic carbocycles. The number of para-hydroxylation sites is 1. The van der Waals surface area contributed by atoms with Crippen molar-refractivity contribution in [1.29, 1.82) is 0 Å². The molecule has 1 atom stereocenters. The Morgan fingerprint density at radius 3 is 1.81 bits per heavy atom. The number of allylic oxidation sites excluding steroid dienone is 1. The first-order chi connectivity index (χ1) is 6.16. The topological polar surface area (TPSA) is 57.5 Å². The summed E-state index contributed by atoms with van der Waals surface area (Å²) in [5.41, 5.74) is 0. The Balaban J connectivity index is -0.0000000767. The second-order valence-corrected chi connectivity index (χ2v) is 3.42. The van der Waals surface area contributed by atoms with Crippen molar-refractivity contribution in [3.63, 3.8) is 0 Å². The van der Waals surface area contributed by atoms with E-state index < -0.39 is 8.03 Å². The van der Waals surface area contributed by atoms with Crippen molar-refractivity contribution in [2.45, 2.75) is 0 Å². The Morgan fingerprint density at radius 2 is 1.69 bits per heavy atom. The molecule has 1 aromatic carbocycles. The van der Waals surface area contributed by atoms with Gasteiger partial charge in [-0.05, 0) is 12.1 Å². The van der Waals surface area contributed by atoms with E-state index in [1.807, 2.05) is 6.07 Å². The molecule has 2 N–H and O–H groups in total. The zero-order chi connectivity index (χ0) is 10.1. The summed E-state index contributed by atoms with van der Waals surface area (Å²) in [6, 6.07) is 8.71. The molecule has 0 bridgehead atoms. The van der Waals surface area contributed by atoms with Gasteiger partial charge in [0.15, 0.2) is 8.03 Å². The Bertz CT molecular complexity index is 273. The fourth-order valence-electron chi connectivity index (χ4n) is 0.551. The first kappa shape index (κ1) is 26.4. The molecular formula is C9H13Ca2O3PS+2. The maximum absolute atomic E-state index is 9.71. The number of benzene rings is 1. The van der Waals surface area contributed by atoms with Gasteiger partial charge in [-0.1, -0.05) is 24.3 Å². The van der Waals surface area contributed by atoms with E-state index >= 15 is 0 Å². The summed E-state index contributed by atoms with van der Waals surface area (Å²) in [5.74, 6) is 0.322. The fourth-order valence-corrected chi connectivity index (χ4v) is 0.798. The first-order valence-electron chi connectivity index (χ1n) is 3.73. The molecule has 0 amide bonds. The molecule has 16 heavy (non-hydrogen) atoms. The van der Waals surface area contributed by atoms with E-state index in [0.29, 0.717) is 5.75 Å². The van der Waals surface area contributed by atoms with E-state index in [1.54, 1.807) is 24.3 Å². The Morgan fingerprint density at radius 1 is 1.25 bits per heavy atom. The smallest absolute Gasteiger partial charge is 2.00 e. The van der Waals surface area contributed by atoms with E-state index in [4.69, 9.17) is 10.00 Å². The van der Waals surface area contributed by atoms with Crippen molar-refractivity contribution in [1.82, 2.24) is 0 Å². The third-order valence-electron chi connectivity index (χ3n) is 1.08. The van der Waals surface area contributed by atoms with Gasteiger partial charge in [0, 0.05) is 6.16 Å². The van der Waals surface area contributed by atoms with E-state index in [-0.39, 0.29) is 95.1 Å². The van der Waals surface area contributed by atoms with E-state index in [2.05, 4.69) is 6.58 Å². The standard InChI is InChI=1S/C6H6O.C3H7O2P.2Ca.S/c7-6-4-2-1-3-5-6;1-2-3-6(4)5;;;/h1-5,7H;2,6H,1,3H2,(H,4,5);;;/q;;2*+2;-2. The predicted octanol–water partition coefficient (Wildman–Crippen LogP) is 1.27. The Kier molecular flexibility index (Phi) is 31.6. The van der Waals surface area contributed by atoms with Gasteiger partial charge in [-0.2, -0.15) is 0 Å². The maximum atomic E-state index is 9.71.